The molecular formula is C67H39N5O. The first-order valence-electron chi connectivity index (χ1n) is 24.7. The van der Waals surface area contributed by atoms with E-state index in [2.05, 4.69) is 246 Å². The predicted octanol–water partition coefficient (Wildman–Crippen LogP) is 17.6. The van der Waals surface area contributed by atoms with Crippen molar-refractivity contribution in [2.75, 3.05) is 0 Å². The van der Waals surface area contributed by atoms with Crippen LogP contribution < -0.4 is 0 Å². The number of rotatable bonds is 5. The summed E-state index contributed by atoms with van der Waals surface area (Å²) in [4.78, 5) is 16.0. The van der Waals surface area contributed by atoms with Gasteiger partial charge < -0.3 is 13.6 Å². The van der Waals surface area contributed by atoms with Gasteiger partial charge in [-0.05, 0) is 128 Å². The van der Waals surface area contributed by atoms with Crippen LogP contribution in [-0.4, -0.2) is 24.1 Å². The third-order valence-electron chi connectivity index (χ3n) is 15.1. The van der Waals surface area contributed by atoms with Crippen LogP contribution in [0.25, 0.3) is 154 Å². The number of hydrogen-bond donors (Lipinski definition) is 0. The zero-order valence-electron chi connectivity index (χ0n) is 39.2. The van der Waals surface area contributed by atoms with Crippen molar-refractivity contribution in [3.05, 3.63) is 237 Å². The third-order valence-corrected chi connectivity index (χ3v) is 15.1. The first-order valence-corrected chi connectivity index (χ1v) is 24.7. The van der Waals surface area contributed by atoms with Crippen molar-refractivity contribution >= 4 is 109 Å². The fourth-order valence-electron chi connectivity index (χ4n) is 11.7. The van der Waals surface area contributed by atoms with Gasteiger partial charge in [0.1, 0.15) is 11.2 Å². The van der Waals surface area contributed by atoms with Gasteiger partial charge in [-0.1, -0.05) is 152 Å². The summed E-state index contributed by atoms with van der Waals surface area (Å²) in [7, 11) is 0. The molecule has 73 heavy (non-hydrogen) atoms. The van der Waals surface area contributed by atoms with Gasteiger partial charge in [-0.2, -0.15) is 0 Å². The molecule has 4 aromatic heterocycles. The highest BCUT2D eigenvalue weighted by Gasteiger charge is 2.22. The zero-order valence-corrected chi connectivity index (χ0v) is 39.2. The second-order valence-electron chi connectivity index (χ2n) is 19.1. The van der Waals surface area contributed by atoms with Gasteiger partial charge in [-0.15, -0.1) is 0 Å². The van der Waals surface area contributed by atoms with E-state index in [-0.39, 0.29) is 0 Å². The number of aromatic nitrogens is 5. The molecule has 4 heterocycles. The molecule has 12 aromatic carbocycles. The summed E-state index contributed by atoms with van der Waals surface area (Å²) in [6, 6.07) is 84.6. The Kier molecular flexibility index (Phi) is 8.36. The fraction of sp³-hybridized carbons (Fsp3) is 0. The van der Waals surface area contributed by atoms with Crippen LogP contribution >= 0.6 is 0 Å². The standard InChI is InChI=1S/C67H39N5O/c1-2-20-47(21-3-1)71-58-27-11-10-23-50(58)55-36-46(29-32-59(55)71)65-68-66(51-24-12-19-40-14-8-9-22-49(40)51)70-67(69-65)53-26-13-25-52-63-54-39-48(31-28-41(54)30-33-62(63)73-64(52)53)72-60-37-44-17-6-4-15-42(44)34-56(60)57-35-43-16-5-7-18-45(43)38-61(57)72/h1-39H. The average Bonchev–Trinajstić information content (AvgIpc) is 4.11. The lowest BCUT2D eigenvalue weighted by atomic mass is 10.0. The van der Waals surface area contributed by atoms with Crippen molar-refractivity contribution in [1.82, 2.24) is 24.1 Å². The number of hydrogen-bond acceptors (Lipinski definition) is 4. The van der Waals surface area contributed by atoms with Gasteiger partial charge >= 0.3 is 0 Å². The van der Waals surface area contributed by atoms with Crippen molar-refractivity contribution < 1.29 is 4.42 Å². The second kappa shape index (κ2) is 15.3. The first-order chi connectivity index (χ1) is 36.2. The topological polar surface area (TPSA) is 61.7 Å². The quantitative estimate of drug-likeness (QED) is 0.173. The third kappa shape index (κ3) is 6.01. The normalized spacial score (nSPS) is 12.1. The van der Waals surface area contributed by atoms with E-state index in [1.165, 1.54) is 43.4 Å². The molecule has 16 aromatic rings. The van der Waals surface area contributed by atoms with E-state index in [1.54, 1.807) is 0 Å². The van der Waals surface area contributed by atoms with Crippen molar-refractivity contribution in [3.63, 3.8) is 0 Å². The highest BCUT2D eigenvalue weighted by molar-refractivity contribution is 6.22. The van der Waals surface area contributed by atoms with Gasteiger partial charge in [0.05, 0.1) is 27.6 Å². The Bertz CT molecular complexity index is 4890. The molecule has 0 aliphatic rings. The van der Waals surface area contributed by atoms with Crippen LogP contribution in [-0.2, 0) is 0 Å². The molecule has 0 aliphatic heterocycles. The summed E-state index contributed by atoms with van der Waals surface area (Å²) in [5.74, 6) is 1.72. The molecule has 16 rings (SSSR count). The molecule has 0 saturated carbocycles. The van der Waals surface area contributed by atoms with Crippen LogP contribution in [0.15, 0.2) is 241 Å². The zero-order chi connectivity index (χ0) is 47.7. The summed E-state index contributed by atoms with van der Waals surface area (Å²) in [5.41, 5.74) is 11.0. The highest BCUT2D eigenvalue weighted by Crippen LogP contribution is 2.43. The minimum Gasteiger partial charge on any atom is -0.455 e. The summed E-state index contributed by atoms with van der Waals surface area (Å²) in [5, 5.41) is 16.1. The van der Waals surface area contributed by atoms with Crippen LogP contribution in [0.4, 0.5) is 0 Å². The molecule has 0 saturated heterocycles. The number of fused-ring (bicyclic) bond motifs is 14. The Morgan fingerprint density at radius 3 is 1.59 bits per heavy atom. The number of nitrogens with zero attached hydrogens (tertiary/aromatic N) is 5. The molecule has 0 aliphatic carbocycles. The molecule has 0 atom stereocenters. The lowest BCUT2D eigenvalue weighted by Gasteiger charge is -2.11. The number of furan rings is 1. The minimum absolute atomic E-state index is 0.541. The maximum atomic E-state index is 7.02. The summed E-state index contributed by atoms with van der Waals surface area (Å²) in [6.07, 6.45) is 0. The van der Waals surface area contributed by atoms with E-state index >= 15 is 0 Å². The van der Waals surface area contributed by atoms with Crippen LogP contribution in [0, 0.1) is 0 Å². The molecular weight excluding hydrogens is 891 g/mol. The Hall–Kier alpha value is -9.91. The summed E-state index contributed by atoms with van der Waals surface area (Å²) in [6.45, 7) is 0. The van der Waals surface area contributed by atoms with Gasteiger partial charge in [0, 0.05) is 54.8 Å². The molecule has 0 unspecified atom stereocenters. The Morgan fingerprint density at radius 1 is 0.288 bits per heavy atom. The molecule has 0 amide bonds. The monoisotopic (exact) mass is 929 g/mol. The van der Waals surface area contributed by atoms with Crippen molar-refractivity contribution in [2.24, 2.45) is 0 Å². The van der Waals surface area contributed by atoms with E-state index in [1.807, 2.05) is 0 Å². The maximum absolute atomic E-state index is 7.02. The van der Waals surface area contributed by atoms with E-state index in [9.17, 15) is 0 Å². The predicted molar refractivity (Wildman–Crippen MR) is 302 cm³/mol. The summed E-state index contributed by atoms with van der Waals surface area (Å²) >= 11 is 0. The van der Waals surface area contributed by atoms with Crippen LogP contribution in [0.1, 0.15) is 0 Å². The SMILES string of the molecule is c1ccc(-n2c3ccccc3c3cc(-c4nc(-c5cccc6ccccc56)nc(-c5cccc6c5oc5ccc7ccc(-n8c9cc%10ccccc%10cc9c9cc%10ccccc%10cc98)cc7c56)n4)ccc32)cc1. The highest BCUT2D eigenvalue weighted by atomic mass is 16.3. The lowest BCUT2D eigenvalue weighted by molar-refractivity contribution is 0.670. The van der Waals surface area contributed by atoms with E-state index in [0.717, 1.165) is 93.4 Å². The Balaban J connectivity index is 0.916. The molecule has 0 radical (unpaired) electrons. The van der Waals surface area contributed by atoms with Gasteiger partial charge in [0.2, 0.25) is 0 Å². The number of benzene rings is 12. The van der Waals surface area contributed by atoms with Crippen LogP contribution in [0.2, 0.25) is 0 Å². The first kappa shape index (κ1) is 39.9. The van der Waals surface area contributed by atoms with Gasteiger partial charge in [0.25, 0.3) is 0 Å². The lowest BCUT2D eigenvalue weighted by Crippen LogP contribution is -2.01. The Labute approximate surface area is 417 Å². The van der Waals surface area contributed by atoms with Crippen LogP contribution in [0.3, 0.4) is 0 Å². The van der Waals surface area contributed by atoms with E-state index < -0.39 is 0 Å². The Morgan fingerprint density at radius 2 is 0.822 bits per heavy atom. The largest absolute Gasteiger partial charge is 0.455 e. The fourth-order valence-corrected chi connectivity index (χ4v) is 11.7. The molecule has 0 bridgehead atoms. The molecule has 0 fully saturated rings. The molecule has 338 valence electrons. The van der Waals surface area contributed by atoms with E-state index in [0.29, 0.717) is 17.5 Å². The van der Waals surface area contributed by atoms with Crippen molar-refractivity contribution in [2.45, 2.75) is 0 Å². The smallest absolute Gasteiger partial charge is 0.167 e. The summed E-state index contributed by atoms with van der Waals surface area (Å²) < 4.78 is 11.8. The minimum atomic E-state index is 0.541. The van der Waals surface area contributed by atoms with Crippen LogP contribution in [0.5, 0.6) is 0 Å². The van der Waals surface area contributed by atoms with Gasteiger partial charge in [-0.25, -0.2) is 15.0 Å². The van der Waals surface area contributed by atoms with Crippen molar-refractivity contribution in [3.8, 4) is 45.5 Å². The van der Waals surface area contributed by atoms with Crippen molar-refractivity contribution in [1.29, 1.82) is 0 Å². The molecule has 0 N–H and O–H groups in total. The van der Waals surface area contributed by atoms with Gasteiger partial charge in [-0.3, -0.25) is 0 Å². The maximum Gasteiger partial charge on any atom is 0.167 e. The number of para-hydroxylation sites is 3. The molecule has 6 nitrogen and oxygen atoms in total. The van der Waals surface area contributed by atoms with E-state index in [4.69, 9.17) is 19.4 Å². The molecule has 6 heteroatoms. The van der Waals surface area contributed by atoms with Gasteiger partial charge in [0.15, 0.2) is 17.5 Å². The molecule has 0 spiro atoms. The second-order valence-corrected chi connectivity index (χ2v) is 19.1. The average molecular weight is 930 g/mol.